The molecule has 1 saturated heterocycles. The van der Waals surface area contributed by atoms with Crippen molar-refractivity contribution >= 4 is 27.3 Å². The van der Waals surface area contributed by atoms with E-state index in [1.165, 1.54) is 0 Å². The van der Waals surface area contributed by atoms with E-state index in [4.69, 9.17) is 11.6 Å². The smallest absolute Gasteiger partial charge is 0.224 e. The Kier molecular flexibility index (Phi) is 5.05. The van der Waals surface area contributed by atoms with Gasteiger partial charge in [-0.05, 0) is 18.8 Å². The Labute approximate surface area is 102 Å². The summed E-state index contributed by atoms with van der Waals surface area (Å²) in [6, 6.07) is 0. The topological polar surface area (TPSA) is 63.2 Å². The first-order valence-corrected chi connectivity index (χ1v) is 7.84. The van der Waals surface area contributed by atoms with Crippen LogP contribution in [0.1, 0.15) is 19.8 Å². The summed E-state index contributed by atoms with van der Waals surface area (Å²) in [5, 5.41) is 2.78. The number of hydrogen-bond donors (Lipinski definition) is 1. The van der Waals surface area contributed by atoms with Crippen molar-refractivity contribution < 1.29 is 13.2 Å². The molecule has 0 bridgehead atoms. The molecule has 16 heavy (non-hydrogen) atoms. The lowest BCUT2D eigenvalue weighted by Gasteiger charge is -2.13. The summed E-state index contributed by atoms with van der Waals surface area (Å²) in [6.45, 7) is 2.58. The van der Waals surface area contributed by atoms with Crippen molar-refractivity contribution in [3.8, 4) is 0 Å². The Morgan fingerprint density at radius 3 is 2.75 bits per heavy atom. The van der Waals surface area contributed by atoms with Gasteiger partial charge >= 0.3 is 0 Å². The lowest BCUT2D eigenvalue weighted by molar-refractivity contribution is -0.124. The van der Waals surface area contributed by atoms with Gasteiger partial charge in [-0.25, -0.2) is 8.42 Å². The van der Waals surface area contributed by atoms with E-state index in [0.717, 1.165) is 6.42 Å². The maximum absolute atomic E-state index is 11.6. The van der Waals surface area contributed by atoms with Crippen LogP contribution < -0.4 is 5.32 Å². The number of rotatable bonds is 5. The summed E-state index contributed by atoms with van der Waals surface area (Å²) in [5.74, 6) is 0.565. The highest BCUT2D eigenvalue weighted by Gasteiger charge is 2.32. The molecule has 1 rings (SSSR count). The molecule has 1 aliphatic heterocycles. The van der Waals surface area contributed by atoms with Crippen LogP contribution in [0.2, 0.25) is 0 Å². The van der Waals surface area contributed by atoms with E-state index >= 15 is 0 Å². The minimum atomic E-state index is -2.97. The first-order valence-electron chi connectivity index (χ1n) is 5.48. The van der Waals surface area contributed by atoms with E-state index in [0.29, 0.717) is 24.8 Å². The molecule has 0 aromatic rings. The van der Waals surface area contributed by atoms with Crippen LogP contribution in [0.15, 0.2) is 0 Å². The van der Waals surface area contributed by atoms with Gasteiger partial charge in [0.1, 0.15) is 0 Å². The second-order valence-electron chi connectivity index (χ2n) is 4.43. The molecule has 0 spiro atoms. The molecule has 1 N–H and O–H groups in total. The van der Waals surface area contributed by atoms with Crippen molar-refractivity contribution in [2.24, 2.45) is 11.8 Å². The number of carbonyl (C=O) groups is 1. The molecule has 0 saturated carbocycles. The summed E-state index contributed by atoms with van der Waals surface area (Å²) in [4.78, 5) is 11.6. The number of sulfone groups is 1. The quantitative estimate of drug-likeness (QED) is 0.750. The van der Waals surface area contributed by atoms with E-state index in [1.807, 2.05) is 6.92 Å². The molecule has 2 unspecified atom stereocenters. The molecule has 0 aromatic carbocycles. The van der Waals surface area contributed by atoms with Gasteiger partial charge in [0, 0.05) is 12.4 Å². The lowest BCUT2D eigenvalue weighted by Crippen LogP contribution is -2.34. The predicted octanol–water partition coefficient (Wildman–Crippen LogP) is 0.802. The molecule has 1 aliphatic rings. The van der Waals surface area contributed by atoms with Crippen molar-refractivity contribution in [2.75, 3.05) is 23.9 Å². The van der Waals surface area contributed by atoms with E-state index in [9.17, 15) is 13.2 Å². The number of nitrogens with one attached hydrogen (secondary N) is 1. The van der Waals surface area contributed by atoms with Crippen LogP contribution in [-0.2, 0) is 14.6 Å². The van der Waals surface area contributed by atoms with Crippen LogP contribution in [0.5, 0.6) is 0 Å². The molecule has 1 fully saturated rings. The summed E-state index contributed by atoms with van der Waals surface area (Å²) >= 11 is 5.58. The standard InChI is InChI=1S/C10H18ClNO3S/c1-8(2-4-11)6-12-10(13)9-3-5-16(14,15)7-9/h8-9H,2-7H2,1H3,(H,12,13). The van der Waals surface area contributed by atoms with Crippen LogP contribution in [0.25, 0.3) is 0 Å². The first-order chi connectivity index (χ1) is 7.44. The Bertz CT molecular complexity index is 342. The third kappa shape index (κ3) is 4.29. The fraction of sp³-hybridized carbons (Fsp3) is 0.900. The van der Waals surface area contributed by atoms with Gasteiger partial charge in [-0.15, -0.1) is 11.6 Å². The molecule has 6 heteroatoms. The highest BCUT2D eigenvalue weighted by molar-refractivity contribution is 7.91. The van der Waals surface area contributed by atoms with Gasteiger partial charge < -0.3 is 5.32 Å². The molecule has 0 radical (unpaired) electrons. The normalized spacial score (nSPS) is 25.2. The van der Waals surface area contributed by atoms with E-state index in [1.54, 1.807) is 0 Å². The molecule has 1 amide bonds. The molecule has 0 aliphatic carbocycles. The van der Waals surface area contributed by atoms with Crippen LogP contribution in [-0.4, -0.2) is 38.3 Å². The van der Waals surface area contributed by atoms with Crippen molar-refractivity contribution in [3.63, 3.8) is 0 Å². The zero-order chi connectivity index (χ0) is 12.2. The number of hydrogen-bond acceptors (Lipinski definition) is 3. The second-order valence-corrected chi connectivity index (χ2v) is 7.03. The molecule has 0 aromatic heterocycles. The summed E-state index contributed by atoms with van der Waals surface area (Å²) in [5.41, 5.74) is 0. The van der Waals surface area contributed by atoms with Gasteiger partial charge in [0.2, 0.25) is 5.91 Å². The first kappa shape index (κ1) is 13.8. The van der Waals surface area contributed by atoms with Gasteiger partial charge in [0.15, 0.2) is 9.84 Å². The minimum absolute atomic E-state index is 0.00270. The predicted molar refractivity (Wildman–Crippen MR) is 64.3 cm³/mol. The average molecular weight is 268 g/mol. The Morgan fingerprint density at radius 2 is 2.25 bits per heavy atom. The third-order valence-electron chi connectivity index (χ3n) is 2.83. The number of halogens is 1. The summed E-state index contributed by atoms with van der Waals surface area (Å²) in [6.07, 6.45) is 1.31. The second kappa shape index (κ2) is 5.87. The Morgan fingerprint density at radius 1 is 1.56 bits per heavy atom. The van der Waals surface area contributed by atoms with Gasteiger partial charge in [-0.2, -0.15) is 0 Å². The largest absolute Gasteiger partial charge is 0.356 e. The fourth-order valence-electron chi connectivity index (χ4n) is 1.71. The average Bonchev–Trinajstić information content (AvgIpc) is 2.56. The van der Waals surface area contributed by atoms with Crippen LogP contribution in [0.3, 0.4) is 0 Å². The fourth-order valence-corrected chi connectivity index (χ4v) is 3.82. The molecular formula is C10H18ClNO3S. The molecule has 94 valence electrons. The minimum Gasteiger partial charge on any atom is -0.356 e. The molecule has 1 heterocycles. The van der Waals surface area contributed by atoms with E-state index < -0.39 is 9.84 Å². The van der Waals surface area contributed by atoms with Crippen LogP contribution in [0, 0.1) is 11.8 Å². The van der Waals surface area contributed by atoms with Gasteiger partial charge in [-0.1, -0.05) is 6.92 Å². The highest BCUT2D eigenvalue weighted by atomic mass is 35.5. The molecule has 2 atom stereocenters. The van der Waals surface area contributed by atoms with Gasteiger partial charge in [0.05, 0.1) is 17.4 Å². The number of carbonyl (C=O) groups excluding carboxylic acids is 1. The summed E-state index contributed by atoms with van der Waals surface area (Å²) in [7, 11) is -2.97. The SMILES string of the molecule is CC(CCCl)CNC(=O)C1CCS(=O)(=O)C1. The summed E-state index contributed by atoms with van der Waals surface area (Å²) < 4.78 is 22.4. The van der Waals surface area contributed by atoms with Crippen molar-refractivity contribution in [1.82, 2.24) is 5.32 Å². The lowest BCUT2D eigenvalue weighted by atomic mass is 10.1. The monoisotopic (exact) mass is 267 g/mol. The van der Waals surface area contributed by atoms with Gasteiger partial charge in [0.25, 0.3) is 0 Å². The number of amides is 1. The molecule has 4 nitrogen and oxygen atoms in total. The maximum atomic E-state index is 11.6. The van der Waals surface area contributed by atoms with E-state index in [-0.39, 0.29) is 23.3 Å². The number of alkyl halides is 1. The Hall–Kier alpha value is -0.290. The van der Waals surface area contributed by atoms with Crippen LogP contribution >= 0.6 is 11.6 Å². The van der Waals surface area contributed by atoms with Gasteiger partial charge in [-0.3, -0.25) is 4.79 Å². The molecular weight excluding hydrogens is 250 g/mol. The zero-order valence-electron chi connectivity index (χ0n) is 9.41. The van der Waals surface area contributed by atoms with Crippen molar-refractivity contribution in [2.45, 2.75) is 19.8 Å². The Balaban J connectivity index is 2.31. The zero-order valence-corrected chi connectivity index (χ0v) is 11.0. The highest BCUT2D eigenvalue weighted by Crippen LogP contribution is 2.18. The van der Waals surface area contributed by atoms with Crippen molar-refractivity contribution in [3.05, 3.63) is 0 Å². The maximum Gasteiger partial charge on any atom is 0.224 e. The third-order valence-corrected chi connectivity index (χ3v) is 4.82. The van der Waals surface area contributed by atoms with E-state index in [2.05, 4.69) is 5.32 Å². The van der Waals surface area contributed by atoms with Crippen LogP contribution in [0.4, 0.5) is 0 Å². The van der Waals surface area contributed by atoms with Crippen molar-refractivity contribution in [1.29, 1.82) is 0 Å².